The summed E-state index contributed by atoms with van der Waals surface area (Å²) in [6.45, 7) is 0. The number of hydrogen-bond donors (Lipinski definition) is 0. The van der Waals surface area contributed by atoms with Gasteiger partial charge in [0.1, 0.15) is 6.29 Å². The van der Waals surface area contributed by atoms with E-state index in [4.69, 9.17) is 0 Å². The molecule has 0 unspecified atom stereocenters. The molecule has 1 heteroatoms. The van der Waals surface area contributed by atoms with Gasteiger partial charge in [0, 0.05) is 5.56 Å². The Morgan fingerprint density at radius 3 is 1.74 bits per heavy atom. The Labute approximate surface area is 158 Å². The Balaban J connectivity index is 1.97. The fourth-order valence-corrected chi connectivity index (χ4v) is 4.54. The molecule has 0 spiro atoms. The Bertz CT molecular complexity index is 1090. The van der Waals surface area contributed by atoms with Crippen LogP contribution in [0.1, 0.15) is 32.6 Å². The van der Waals surface area contributed by atoms with Gasteiger partial charge in [-0.15, -0.1) is 0 Å². The minimum absolute atomic E-state index is 0.379. The number of aldehydes is 1. The Kier molecular flexibility index (Phi) is 3.54. The molecule has 0 saturated heterocycles. The van der Waals surface area contributed by atoms with E-state index < -0.39 is 0 Å². The van der Waals surface area contributed by atoms with E-state index in [1.54, 1.807) is 0 Å². The van der Waals surface area contributed by atoms with Crippen LogP contribution in [0, 0.1) is 0 Å². The molecule has 5 rings (SSSR count). The van der Waals surface area contributed by atoms with Gasteiger partial charge in [0.15, 0.2) is 0 Å². The third kappa shape index (κ3) is 2.15. The maximum Gasteiger partial charge on any atom is 0.150 e. The third-order valence-corrected chi connectivity index (χ3v) is 5.62. The Morgan fingerprint density at radius 1 is 0.556 bits per heavy atom. The largest absolute Gasteiger partial charge is 0.298 e. The molecular formula is C26H18O. The molecule has 0 aliphatic heterocycles. The van der Waals surface area contributed by atoms with E-state index in [9.17, 15) is 4.79 Å². The van der Waals surface area contributed by atoms with Crippen LogP contribution in [0.2, 0.25) is 0 Å². The molecule has 0 bridgehead atoms. The molecule has 0 aromatic heterocycles. The first-order chi connectivity index (χ1) is 13.4. The van der Waals surface area contributed by atoms with Crippen molar-refractivity contribution in [1.29, 1.82) is 0 Å². The summed E-state index contributed by atoms with van der Waals surface area (Å²) < 4.78 is 0. The molecule has 0 atom stereocenters. The molecule has 1 nitrogen and oxygen atoms in total. The van der Waals surface area contributed by atoms with Gasteiger partial charge in [-0.3, -0.25) is 4.79 Å². The summed E-state index contributed by atoms with van der Waals surface area (Å²) >= 11 is 0. The molecule has 0 fully saturated rings. The monoisotopic (exact) mass is 346 g/mol. The van der Waals surface area contributed by atoms with Crippen LogP contribution in [0.5, 0.6) is 0 Å². The highest BCUT2D eigenvalue weighted by molar-refractivity contribution is 5.89. The van der Waals surface area contributed by atoms with Gasteiger partial charge in [0.25, 0.3) is 0 Å². The van der Waals surface area contributed by atoms with Crippen molar-refractivity contribution in [3.63, 3.8) is 0 Å². The number of hydrogen-bond acceptors (Lipinski definition) is 1. The van der Waals surface area contributed by atoms with Gasteiger partial charge in [-0.25, -0.2) is 0 Å². The van der Waals surface area contributed by atoms with Gasteiger partial charge in [-0.1, -0.05) is 97.1 Å². The smallest absolute Gasteiger partial charge is 0.150 e. The summed E-state index contributed by atoms with van der Waals surface area (Å²) in [7, 11) is 0. The van der Waals surface area contributed by atoms with Crippen LogP contribution < -0.4 is 0 Å². The van der Waals surface area contributed by atoms with Crippen molar-refractivity contribution in [2.24, 2.45) is 0 Å². The van der Waals surface area contributed by atoms with Crippen molar-refractivity contribution < 1.29 is 4.79 Å². The average molecular weight is 346 g/mol. The SMILES string of the molecule is O=Cc1ccc2c(c1)-c1ccccc1C2(c1ccccc1)c1ccccc1. The highest BCUT2D eigenvalue weighted by Crippen LogP contribution is 2.55. The fraction of sp³-hybridized carbons (Fsp3) is 0.0385. The van der Waals surface area contributed by atoms with Crippen LogP contribution in [-0.2, 0) is 5.41 Å². The Hall–Kier alpha value is -3.45. The second-order valence-electron chi connectivity index (χ2n) is 6.95. The normalized spacial score (nSPS) is 13.6. The topological polar surface area (TPSA) is 17.1 Å². The third-order valence-electron chi connectivity index (χ3n) is 5.62. The lowest BCUT2D eigenvalue weighted by Crippen LogP contribution is -2.28. The average Bonchev–Trinajstić information content (AvgIpc) is 3.05. The zero-order valence-electron chi connectivity index (χ0n) is 14.8. The maximum atomic E-state index is 11.4. The summed E-state index contributed by atoms with van der Waals surface area (Å²) in [5.74, 6) is 0. The van der Waals surface area contributed by atoms with Crippen molar-refractivity contribution in [2.75, 3.05) is 0 Å². The van der Waals surface area contributed by atoms with Gasteiger partial charge < -0.3 is 0 Å². The van der Waals surface area contributed by atoms with Gasteiger partial charge >= 0.3 is 0 Å². The number of carbonyl (C=O) groups excluding carboxylic acids is 1. The molecule has 0 N–H and O–H groups in total. The van der Waals surface area contributed by atoms with Crippen molar-refractivity contribution in [1.82, 2.24) is 0 Å². The fourth-order valence-electron chi connectivity index (χ4n) is 4.54. The van der Waals surface area contributed by atoms with Crippen LogP contribution >= 0.6 is 0 Å². The van der Waals surface area contributed by atoms with Crippen molar-refractivity contribution in [3.8, 4) is 11.1 Å². The van der Waals surface area contributed by atoms with E-state index in [0.717, 1.165) is 11.8 Å². The van der Waals surface area contributed by atoms with Gasteiger partial charge in [-0.2, -0.15) is 0 Å². The Morgan fingerprint density at radius 2 is 1.11 bits per heavy atom. The zero-order valence-corrected chi connectivity index (χ0v) is 14.8. The second-order valence-corrected chi connectivity index (χ2v) is 6.95. The lowest BCUT2D eigenvalue weighted by Gasteiger charge is -2.33. The molecule has 0 radical (unpaired) electrons. The minimum Gasteiger partial charge on any atom is -0.298 e. The van der Waals surface area contributed by atoms with E-state index in [0.29, 0.717) is 5.56 Å². The summed E-state index contributed by atoms with van der Waals surface area (Å²) in [6, 6.07) is 35.9. The van der Waals surface area contributed by atoms with E-state index >= 15 is 0 Å². The van der Waals surface area contributed by atoms with E-state index in [1.165, 1.54) is 27.8 Å². The first-order valence-electron chi connectivity index (χ1n) is 9.16. The lowest BCUT2D eigenvalue weighted by molar-refractivity contribution is 0.112. The van der Waals surface area contributed by atoms with Gasteiger partial charge in [0.05, 0.1) is 5.41 Å². The van der Waals surface area contributed by atoms with E-state index in [-0.39, 0.29) is 5.41 Å². The van der Waals surface area contributed by atoms with Crippen LogP contribution in [0.4, 0.5) is 0 Å². The molecule has 128 valence electrons. The molecule has 1 aliphatic rings. The first-order valence-corrected chi connectivity index (χ1v) is 9.16. The maximum absolute atomic E-state index is 11.4. The molecule has 1 aliphatic carbocycles. The van der Waals surface area contributed by atoms with Crippen molar-refractivity contribution in [2.45, 2.75) is 5.41 Å². The number of rotatable bonds is 3. The number of fused-ring (bicyclic) bond motifs is 3. The lowest BCUT2D eigenvalue weighted by atomic mass is 9.68. The van der Waals surface area contributed by atoms with Crippen molar-refractivity contribution >= 4 is 6.29 Å². The molecule has 0 saturated carbocycles. The van der Waals surface area contributed by atoms with E-state index in [2.05, 4.69) is 91.0 Å². The summed E-state index contributed by atoms with van der Waals surface area (Å²) in [6.07, 6.45) is 0.925. The summed E-state index contributed by atoms with van der Waals surface area (Å²) in [5.41, 5.74) is 7.64. The van der Waals surface area contributed by atoms with Gasteiger partial charge in [0.2, 0.25) is 0 Å². The molecule has 0 amide bonds. The summed E-state index contributed by atoms with van der Waals surface area (Å²) in [5, 5.41) is 0. The van der Waals surface area contributed by atoms with E-state index in [1.807, 2.05) is 12.1 Å². The highest BCUT2D eigenvalue weighted by Gasteiger charge is 2.45. The number of carbonyl (C=O) groups is 1. The van der Waals surface area contributed by atoms with Crippen LogP contribution in [0.25, 0.3) is 11.1 Å². The quantitative estimate of drug-likeness (QED) is 0.374. The summed E-state index contributed by atoms with van der Waals surface area (Å²) in [4.78, 5) is 11.4. The van der Waals surface area contributed by atoms with Crippen molar-refractivity contribution in [3.05, 3.63) is 131 Å². The van der Waals surface area contributed by atoms with Gasteiger partial charge in [-0.05, 0) is 39.4 Å². The standard InChI is InChI=1S/C26H18O/c27-18-19-15-16-25-23(17-19)22-13-7-8-14-24(22)26(25,20-9-3-1-4-10-20)21-11-5-2-6-12-21/h1-18H. The van der Waals surface area contributed by atoms with Crippen LogP contribution in [-0.4, -0.2) is 6.29 Å². The molecule has 0 heterocycles. The molecule has 27 heavy (non-hydrogen) atoms. The molecule has 4 aromatic rings. The van der Waals surface area contributed by atoms with Crippen LogP contribution in [0.15, 0.2) is 103 Å². The van der Waals surface area contributed by atoms with Crippen LogP contribution in [0.3, 0.4) is 0 Å². The first kappa shape index (κ1) is 15.8. The molecule has 4 aromatic carbocycles. The highest BCUT2D eigenvalue weighted by atomic mass is 16.1. The molecular weight excluding hydrogens is 328 g/mol. The predicted octanol–water partition coefficient (Wildman–Crippen LogP) is 5.86. The minimum atomic E-state index is -0.379. The zero-order chi connectivity index (χ0) is 18.3. The second kappa shape index (κ2) is 6.07. The number of benzene rings is 4. The predicted molar refractivity (Wildman–Crippen MR) is 109 cm³/mol.